The van der Waals surface area contributed by atoms with Gasteiger partial charge in [-0.15, -0.1) is 0 Å². The van der Waals surface area contributed by atoms with Gasteiger partial charge in [0.25, 0.3) is 5.91 Å². The summed E-state index contributed by atoms with van der Waals surface area (Å²) in [6.45, 7) is 0. The summed E-state index contributed by atoms with van der Waals surface area (Å²) in [5.41, 5.74) is 6.12. The molecule has 3 aromatic rings. The second-order valence-electron chi connectivity index (χ2n) is 7.78. The van der Waals surface area contributed by atoms with Crippen LogP contribution in [0, 0.1) is 0 Å². The molecule has 5 rings (SSSR count). The number of sulfonamides is 1. The second kappa shape index (κ2) is 6.97. The van der Waals surface area contributed by atoms with Crippen molar-refractivity contribution < 1.29 is 13.2 Å². The molecular formula is C23H21N3O3S. The van der Waals surface area contributed by atoms with Crippen LogP contribution in [-0.2, 0) is 21.2 Å². The van der Waals surface area contributed by atoms with Gasteiger partial charge in [0, 0.05) is 28.6 Å². The first-order chi connectivity index (χ1) is 14.4. The fourth-order valence-electron chi connectivity index (χ4n) is 4.45. The molecule has 0 fully saturated rings. The largest absolute Gasteiger partial charge is 0.359 e. The minimum Gasteiger partial charge on any atom is -0.359 e. The highest BCUT2D eigenvalue weighted by Gasteiger charge is 2.27. The van der Waals surface area contributed by atoms with Gasteiger partial charge >= 0.3 is 0 Å². The maximum absolute atomic E-state index is 12.6. The molecule has 1 aliphatic carbocycles. The van der Waals surface area contributed by atoms with Gasteiger partial charge in [-0.1, -0.05) is 30.3 Å². The first kappa shape index (κ1) is 18.8. The fraction of sp³-hybridized carbons (Fsp3) is 0.174. The Morgan fingerprint density at radius 3 is 2.63 bits per heavy atom. The summed E-state index contributed by atoms with van der Waals surface area (Å²) < 4.78 is 23.5. The van der Waals surface area contributed by atoms with E-state index in [-0.39, 0.29) is 10.8 Å². The number of aryl methyl sites for hydroxylation is 1. The highest BCUT2D eigenvalue weighted by atomic mass is 32.2. The third-order valence-corrected chi connectivity index (χ3v) is 6.77. The third-order valence-electron chi connectivity index (χ3n) is 5.85. The summed E-state index contributed by atoms with van der Waals surface area (Å²) in [4.78, 5) is 16.0. The van der Waals surface area contributed by atoms with Gasteiger partial charge in [-0.05, 0) is 60.7 Å². The number of nitrogens with two attached hydrogens (primary N) is 1. The molecule has 1 amide bonds. The predicted octanol–water partition coefficient (Wildman–Crippen LogP) is 3.62. The van der Waals surface area contributed by atoms with Crippen molar-refractivity contribution in [3.05, 3.63) is 82.7 Å². The van der Waals surface area contributed by atoms with Gasteiger partial charge in [-0.2, -0.15) is 0 Å². The molecule has 1 aromatic heterocycles. The molecule has 0 saturated carbocycles. The summed E-state index contributed by atoms with van der Waals surface area (Å²) in [5.74, 6) is 0.0702. The molecule has 2 aromatic carbocycles. The summed E-state index contributed by atoms with van der Waals surface area (Å²) >= 11 is 0. The third kappa shape index (κ3) is 3.26. The second-order valence-corrected chi connectivity index (χ2v) is 9.34. The smallest absolute Gasteiger partial charge is 0.256 e. The first-order valence-electron chi connectivity index (χ1n) is 9.87. The van der Waals surface area contributed by atoms with Gasteiger partial charge in [0.15, 0.2) is 0 Å². The molecule has 1 aliphatic heterocycles. The number of carbonyl (C=O) groups excluding carboxylic acids is 1. The van der Waals surface area contributed by atoms with E-state index in [2.05, 4.69) is 40.6 Å². The highest BCUT2D eigenvalue weighted by molar-refractivity contribution is 7.89. The van der Waals surface area contributed by atoms with Crippen LogP contribution >= 0.6 is 0 Å². The minimum atomic E-state index is -3.85. The molecule has 152 valence electrons. The minimum absolute atomic E-state index is 0.0152. The summed E-state index contributed by atoms with van der Waals surface area (Å²) in [6, 6.07) is 17.0. The van der Waals surface area contributed by atoms with Crippen LogP contribution < -0.4 is 10.5 Å². The zero-order valence-electron chi connectivity index (χ0n) is 16.2. The maximum atomic E-state index is 12.6. The number of aromatic amines is 1. The van der Waals surface area contributed by atoms with E-state index < -0.39 is 10.0 Å². The fourth-order valence-corrected chi connectivity index (χ4v) is 4.99. The Morgan fingerprint density at radius 1 is 1.07 bits per heavy atom. The molecule has 0 spiro atoms. The normalized spacial score (nSPS) is 19.4. The van der Waals surface area contributed by atoms with Crippen molar-refractivity contribution in [2.24, 2.45) is 5.14 Å². The van der Waals surface area contributed by atoms with Crippen molar-refractivity contribution >= 4 is 33.3 Å². The van der Waals surface area contributed by atoms with Crippen LogP contribution in [0.15, 0.2) is 59.5 Å². The van der Waals surface area contributed by atoms with E-state index >= 15 is 0 Å². The molecule has 7 heteroatoms. The van der Waals surface area contributed by atoms with Crippen molar-refractivity contribution in [1.82, 2.24) is 4.98 Å². The Hall–Kier alpha value is -3.16. The van der Waals surface area contributed by atoms with Gasteiger partial charge < -0.3 is 10.3 Å². The Bertz CT molecular complexity index is 1290. The highest BCUT2D eigenvalue weighted by Crippen LogP contribution is 2.39. The molecule has 0 radical (unpaired) electrons. The van der Waals surface area contributed by atoms with Crippen LogP contribution in [0.5, 0.6) is 0 Å². The van der Waals surface area contributed by atoms with Crippen LogP contribution in [-0.4, -0.2) is 19.3 Å². The zero-order valence-corrected chi connectivity index (χ0v) is 17.0. The van der Waals surface area contributed by atoms with E-state index in [1.165, 1.54) is 29.0 Å². The number of hydrogen-bond acceptors (Lipinski definition) is 3. The van der Waals surface area contributed by atoms with Crippen LogP contribution in [0.3, 0.4) is 0 Å². The van der Waals surface area contributed by atoms with Crippen molar-refractivity contribution in [3.63, 3.8) is 0 Å². The molecule has 6 nitrogen and oxygen atoms in total. The Morgan fingerprint density at radius 2 is 1.87 bits per heavy atom. The number of anilines is 1. The molecule has 4 N–H and O–H groups in total. The van der Waals surface area contributed by atoms with Crippen LogP contribution in [0.1, 0.15) is 46.8 Å². The maximum Gasteiger partial charge on any atom is 0.256 e. The van der Waals surface area contributed by atoms with E-state index in [9.17, 15) is 13.2 Å². The van der Waals surface area contributed by atoms with E-state index in [1.54, 1.807) is 12.1 Å². The molecule has 30 heavy (non-hydrogen) atoms. The summed E-state index contributed by atoms with van der Waals surface area (Å²) in [7, 11) is -3.85. The van der Waals surface area contributed by atoms with E-state index in [4.69, 9.17) is 5.14 Å². The van der Waals surface area contributed by atoms with E-state index in [1.807, 2.05) is 6.07 Å². The molecular weight excluding hydrogens is 398 g/mol. The number of carbonyl (C=O) groups is 1. The van der Waals surface area contributed by atoms with Gasteiger partial charge in [-0.3, -0.25) is 4.79 Å². The molecule has 2 aliphatic rings. The lowest BCUT2D eigenvalue weighted by atomic mass is 9.82. The van der Waals surface area contributed by atoms with Crippen molar-refractivity contribution in [1.29, 1.82) is 0 Å². The predicted molar refractivity (Wildman–Crippen MR) is 116 cm³/mol. The van der Waals surface area contributed by atoms with E-state index in [0.717, 1.165) is 25.0 Å². The van der Waals surface area contributed by atoms with Gasteiger partial charge in [0.2, 0.25) is 10.0 Å². The zero-order chi connectivity index (χ0) is 20.9. The van der Waals surface area contributed by atoms with Crippen molar-refractivity contribution in [2.45, 2.75) is 30.1 Å². The van der Waals surface area contributed by atoms with Gasteiger partial charge in [0.1, 0.15) is 0 Å². The number of fused-ring (bicyclic) bond motifs is 2. The van der Waals surface area contributed by atoms with Crippen LogP contribution in [0.4, 0.5) is 5.69 Å². The number of amides is 1. The molecule has 1 atom stereocenters. The number of hydrogen-bond donors (Lipinski definition) is 3. The average Bonchev–Trinajstić information content (AvgIpc) is 3.28. The van der Waals surface area contributed by atoms with Gasteiger partial charge in [0.05, 0.1) is 10.5 Å². The number of nitrogens with one attached hydrogen (secondary N) is 2. The topological polar surface area (TPSA) is 105 Å². The Balaban J connectivity index is 1.56. The SMILES string of the molecule is NS(=O)(=O)c1ccc2c(c1)C(=Cc1cc3c([nH]1)CCCC3c1ccccc1)C(=O)N2. The van der Waals surface area contributed by atoms with E-state index in [0.29, 0.717) is 22.7 Å². The van der Waals surface area contributed by atoms with Crippen LogP contribution in [0.2, 0.25) is 0 Å². The monoisotopic (exact) mass is 419 g/mol. The quantitative estimate of drug-likeness (QED) is 0.565. The lowest BCUT2D eigenvalue weighted by Crippen LogP contribution is -2.12. The average molecular weight is 420 g/mol. The lowest BCUT2D eigenvalue weighted by Gasteiger charge is -2.22. The summed E-state index contributed by atoms with van der Waals surface area (Å²) in [5, 5.41) is 8.05. The Kier molecular flexibility index (Phi) is 4.38. The number of rotatable bonds is 3. The molecule has 2 heterocycles. The lowest BCUT2D eigenvalue weighted by molar-refractivity contribution is -0.110. The molecule has 1 unspecified atom stereocenters. The van der Waals surface area contributed by atoms with Crippen molar-refractivity contribution in [2.75, 3.05) is 5.32 Å². The first-order valence-corrected chi connectivity index (χ1v) is 11.4. The van der Waals surface area contributed by atoms with Gasteiger partial charge in [-0.25, -0.2) is 13.6 Å². The number of primary sulfonamides is 1. The van der Waals surface area contributed by atoms with Crippen molar-refractivity contribution in [3.8, 4) is 0 Å². The van der Waals surface area contributed by atoms with Crippen LogP contribution in [0.25, 0.3) is 11.6 Å². The molecule has 0 saturated heterocycles. The summed E-state index contributed by atoms with van der Waals surface area (Å²) in [6.07, 6.45) is 4.95. The molecule has 0 bridgehead atoms. The number of benzene rings is 2. The Labute approximate surface area is 174 Å². The number of aromatic nitrogens is 1. The number of H-pyrrole nitrogens is 1. The standard InChI is InChI=1S/C23H21N3O3S/c24-30(28,29)16-9-10-22-19(13-16)20(23(27)26-22)12-15-11-18-17(7-4-8-21(18)25-15)14-5-2-1-3-6-14/h1-3,5-6,9-13,17,25H,4,7-8H2,(H,26,27)(H2,24,28,29).